The molecule has 2 fully saturated rings. The SMILES string of the molecule is Ic1ccc(NC2CCOC3(CCOCC3)C2)cc1. The van der Waals surface area contributed by atoms with Crippen molar-refractivity contribution in [2.45, 2.75) is 37.3 Å². The van der Waals surface area contributed by atoms with Gasteiger partial charge < -0.3 is 14.8 Å². The first-order valence-electron chi connectivity index (χ1n) is 7.00. The molecular weight excluding hydrogens is 353 g/mol. The van der Waals surface area contributed by atoms with Crippen LogP contribution in [0.15, 0.2) is 24.3 Å². The lowest BCUT2D eigenvalue weighted by Gasteiger charge is -2.43. The lowest BCUT2D eigenvalue weighted by atomic mass is 9.84. The van der Waals surface area contributed by atoms with Gasteiger partial charge in [-0.05, 0) is 72.5 Å². The van der Waals surface area contributed by atoms with E-state index in [2.05, 4.69) is 52.2 Å². The summed E-state index contributed by atoms with van der Waals surface area (Å²) in [5.74, 6) is 0. The van der Waals surface area contributed by atoms with Crippen LogP contribution in [-0.2, 0) is 9.47 Å². The Morgan fingerprint density at radius 1 is 1.11 bits per heavy atom. The molecule has 0 aromatic heterocycles. The highest BCUT2D eigenvalue weighted by Crippen LogP contribution is 2.35. The fourth-order valence-electron chi connectivity index (χ4n) is 3.02. The van der Waals surface area contributed by atoms with Crippen LogP contribution in [0.4, 0.5) is 5.69 Å². The van der Waals surface area contributed by atoms with E-state index in [0.29, 0.717) is 6.04 Å². The molecule has 2 heterocycles. The van der Waals surface area contributed by atoms with Crippen molar-refractivity contribution in [1.29, 1.82) is 0 Å². The van der Waals surface area contributed by atoms with Crippen LogP contribution in [0.2, 0.25) is 0 Å². The van der Waals surface area contributed by atoms with Gasteiger partial charge in [0.1, 0.15) is 0 Å². The lowest BCUT2D eigenvalue weighted by molar-refractivity contribution is -0.135. The standard InChI is InChI=1S/C15H20INO2/c16-12-1-3-13(4-2-12)17-14-5-8-19-15(11-14)6-9-18-10-7-15/h1-4,14,17H,5-11H2. The van der Waals surface area contributed by atoms with Crippen molar-refractivity contribution in [3.05, 3.63) is 27.8 Å². The Morgan fingerprint density at radius 2 is 1.84 bits per heavy atom. The van der Waals surface area contributed by atoms with Gasteiger partial charge in [0.05, 0.1) is 5.60 Å². The van der Waals surface area contributed by atoms with Gasteiger partial charge in [0.2, 0.25) is 0 Å². The number of hydrogen-bond acceptors (Lipinski definition) is 3. The molecule has 1 aromatic carbocycles. The van der Waals surface area contributed by atoms with E-state index in [0.717, 1.165) is 45.5 Å². The molecule has 0 bridgehead atoms. The number of halogens is 1. The van der Waals surface area contributed by atoms with E-state index in [4.69, 9.17) is 9.47 Å². The maximum atomic E-state index is 6.07. The maximum absolute atomic E-state index is 6.07. The fourth-order valence-corrected chi connectivity index (χ4v) is 3.38. The second kappa shape index (κ2) is 5.97. The van der Waals surface area contributed by atoms with Crippen LogP contribution in [0.3, 0.4) is 0 Å². The molecule has 1 spiro atoms. The predicted molar refractivity (Wildman–Crippen MR) is 84.5 cm³/mol. The van der Waals surface area contributed by atoms with Gasteiger partial charge in [0, 0.05) is 35.1 Å². The van der Waals surface area contributed by atoms with Crippen LogP contribution in [0.5, 0.6) is 0 Å². The normalized spacial score (nSPS) is 26.3. The van der Waals surface area contributed by atoms with Crippen LogP contribution in [-0.4, -0.2) is 31.5 Å². The summed E-state index contributed by atoms with van der Waals surface area (Å²) >= 11 is 2.34. The van der Waals surface area contributed by atoms with Gasteiger partial charge in [-0.2, -0.15) is 0 Å². The topological polar surface area (TPSA) is 30.5 Å². The monoisotopic (exact) mass is 373 g/mol. The molecule has 1 unspecified atom stereocenters. The van der Waals surface area contributed by atoms with E-state index < -0.39 is 0 Å². The molecule has 4 heteroatoms. The Labute approximate surface area is 128 Å². The molecule has 3 rings (SSSR count). The highest BCUT2D eigenvalue weighted by molar-refractivity contribution is 14.1. The van der Waals surface area contributed by atoms with E-state index >= 15 is 0 Å². The van der Waals surface area contributed by atoms with Gasteiger partial charge in [0.15, 0.2) is 0 Å². The average molecular weight is 373 g/mol. The van der Waals surface area contributed by atoms with Crippen molar-refractivity contribution in [2.24, 2.45) is 0 Å². The van der Waals surface area contributed by atoms with Gasteiger partial charge in [-0.1, -0.05) is 0 Å². The maximum Gasteiger partial charge on any atom is 0.0745 e. The highest BCUT2D eigenvalue weighted by Gasteiger charge is 2.38. The molecular formula is C15H20INO2. The molecule has 0 saturated carbocycles. The molecule has 104 valence electrons. The molecule has 0 radical (unpaired) electrons. The lowest BCUT2D eigenvalue weighted by Crippen LogP contribution is -2.47. The smallest absolute Gasteiger partial charge is 0.0745 e. The molecule has 19 heavy (non-hydrogen) atoms. The molecule has 2 saturated heterocycles. The zero-order valence-electron chi connectivity index (χ0n) is 11.0. The third kappa shape index (κ3) is 3.41. The predicted octanol–water partition coefficient (Wildman–Crippen LogP) is 3.43. The van der Waals surface area contributed by atoms with Gasteiger partial charge in [0.25, 0.3) is 0 Å². The van der Waals surface area contributed by atoms with Crippen molar-refractivity contribution < 1.29 is 9.47 Å². The zero-order chi connectivity index (χ0) is 13.1. The first-order valence-corrected chi connectivity index (χ1v) is 8.08. The number of nitrogens with one attached hydrogen (secondary N) is 1. The molecule has 0 amide bonds. The van der Waals surface area contributed by atoms with Crippen LogP contribution in [0.25, 0.3) is 0 Å². The number of hydrogen-bond donors (Lipinski definition) is 1. The second-order valence-electron chi connectivity index (χ2n) is 5.48. The Balaban J connectivity index is 1.63. The van der Waals surface area contributed by atoms with Crippen LogP contribution in [0.1, 0.15) is 25.7 Å². The van der Waals surface area contributed by atoms with Crippen LogP contribution >= 0.6 is 22.6 Å². The van der Waals surface area contributed by atoms with Crippen molar-refractivity contribution in [2.75, 3.05) is 25.1 Å². The third-order valence-electron chi connectivity index (χ3n) is 4.11. The van der Waals surface area contributed by atoms with Gasteiger partial charge in [-0.3, -0.25) is 0 Å². The zero-order valence-corrected chi connectivity index (χ0v) is 13.2. The van der Waals surface area contributed by atoms with E-state index in [1.165, 1.54) is 9.26 Å². The first-order chi connectivity index (χ1) is 9.26. The third-order valence-corrected chi connectivity index (χ3v) is 4.83. The minimum absolute atomic E-state index is 0.0668. The summed E-state index contributed by atoms with van der Waals surface area (Å²) in [4.78, 5) is 0. The number of benzene rings is 1. The average Bonchev–Trinajstić information content (AvgIpc) is 2.42. The highest BCUT2D eigenvalue weighted by atomic mass is 127. The molecule has 2 aliphatic rings. The minimum atomic E-state index is 0.0668. The quantitative estimate of drug-likeness (QED) is 0.806. The van der Waals surface area contributed by atoms with Crippen molar-refractivity contribution in [1.82, 2.24) is 0 Å². The molecule has 2 aliphatic heterocycles. The number of rotatable bonds is 2. The Kier molecular flexibility index (Phi) is 4.29. The molecule has 0 aliphatic carbocycles. The summed E-state index contributed by atoms with van der Waals surface area (Å²) in [6.07, 6.45) is 4.27. The van der Waals surface area contributed by atoms with E-state index in [9.17, 15) is 0 Å². The molecule has 1 atom stereocenters. The molecule has 3 nitrogen and oxygen atoms in total. The van der Waals surface area contributed by atoms with Crippen molar-refractivity contribution >= 4 is 28.3 Å². The summed E-state index contributed by atoms with van der Waals surface area (Å²) < 4.78 is 12.8. The molecule has 1 N–H and O–H groups in total. The summed E-state index contributed by atoms with van der Waals surface area (Å²) in [6.45, 7) is 2.55. The van der Waals surface area contributed by atoms with Crippen LogP contribution in [0, 0.1) is 3.57 Å². The summed E-state index contributed by atoms with van der Waals surface area (Å²) in [5, 5.41) is 3.66. The van der Waals surface area contributed by atoms with Gasteiger partial charge in [-0.25, -0.2) is 0 Å². The Bertz CT molecular complexity index is 409. The van der Waals surface area contributed by atoms with E-state index in [1.54, 1.807) is 0 Å². The van der Waals surface area contributed by atoms with Crippen molar-refractivity contribution in [3.8, 4) is 0 Å². The number of anilines is 1. The fraction of sp³-hybridized carbons (Fsp3) is 0.600. The van der Waals surface area contributed by atoms with Crippen molar-refractivity contribution in [3.63, 3.8) is 0 Å². The van der Waals surface area contributed by atoms with Crippen LogP contribution < -0.4 is 5.32 Å². The number of ether oxygens (including phenoxy) is 2. The summed E-state index contributed by atoms with van der Waals surface area (Å²) in [6, 6.07) is 9.13. The first kappa shape index (κ1) is 13.6. The Hall–Kier alpha value is -0.330. The van der Waals surface area contributed by atoms with E-state index in [1.807, 2.05) is 0 Å². The summed E-state index contributed by atoms with van der Waals surface area (Å²) in [5.41, 5.74) is 1.28. The largest absolute Gasteiger partial charge is 0.382 e. The Morgan fingerprint density at radius 3 is 2.58 bits per heavy atom. The molecule has 1 aromatic rings. The van der Waals surface area contributed by atoms with E-state index in [-0.39, 0.29) is 5.60 Å². The van der Waals surface area contributed by atoms with Gasteiger partial charge >= 0.3 is 0 Å². The van der Waals surface area contributed by atoms with Gasteiger partial charge in [-0.15, -0.1) is 0 Å². The minimum Gasteiger partial charge on any atom is -0.382 e. The summed E-state index contributed by atoms with van der Waals surface area (Å²) in [7, 11) is 0. The second-order valence-corrected chi connectivity index (χ2v) is 6.73.